The molecule has 2 aromatic rings. The van der Waals surface area contributed by atoms with E-state index in [2.05, 4.69) is 62.4 Å². The lowest BCUT2D eigenvalue weighted by Crippen LogP contribution is -2.23. The van der Waals surface area contributed by atoms with Gasteiger partial charge in [0.15, 0.2) is 0 Å². The summed E-state index contributed by atoms with van der Waals surface area (Å²) in [5.41, 5.74) is 5.00. The van der Waals surface area contributed by atoms with E-state index in [1.165, 1.54) is 22.3 Å². The third-order valence-corrected chi connectivity index (χ3v) is 4.45. The maximum absolute atomic E-state index is 6.51. The molecule has 0 saturated carbocycles. The lowest BCUT2D eigenvalue weighted by molar-refractivity contribution is -0.0517. The van der Waals surface area contributed by atoms with Crippen molar-refractivity contribution in [3.8, 4) is 0 Å². The first-order chi connectivity index (χ1) is 10.1. The zero-order chi connectivity index (χ0) is 14.8. The molecule has 1 aliphatic heterocycles. The molecule has 0 radical (unpaired) electrons. The van der Waals surface area contributed by atoms with E-state index in [1.54, 1.807) is 0 Å². The van der Waals surface area contributed by atoms with Crippen LogP contribution in [0.2, 0.25) is 0 Å². The molecule has 1 aliphatic rings. The van der Waals surface area contributed by atoms with Crippen LogP contribution in [0, 0.1) is 13.8 Å². The van der Waals surface area contributed by atoms with E-state index in [1.807, 2.05) is 0 Å². The normalized spacial score (nSPS) is 25.8. The van der Waals surface area contributed by atoms with Gasteiger partial charge in [-0.15, -0.1) is 11.6 Å². The lowest BCUT2D eigenvalue weighted by Gasteiger charge is -2.33. The Kier molecular flexibility index (Phi) is 4.32. The van der Waals surface area contributed by atoms with Crippen molar-refractivity contribution in [3.63, 3.8) is 0 Å². The van der Waals surface area contributed by atoms with Gasteiger partial charge in [-0.2, -0.15) is 0 Å². The molecule has 110 valence electrons. The second kappa shape index (κ2) is 6.21. The fourth-order valence-corrected chi connectivity index (χ4v) is 3.36. The van der Waals surface area contributed by atoms with Crippen LogP contribution < -0.4 is 0 Å². The Morgan fingerprint density at radius 3 is 1.76 bits per heavy atom. The predicted molar refractivity (Wildman–Crippen MR) is 87.8 cm³/mol. The van der Waals surface area contributed by atoms with Gasteiger partial charge >= 0.3 is 0 Å². The highest BCUT2D eigenvalue weighted by Gasteiger charge is 2.30. The number of alkyl halides is 1. The summed E-state index contributed by atoms with van der Waals surface area (Å²) in [5.74, 6) is 0. The van der Waals surface area contributed by atoms with E-state index < -0.39 is 0 Å². The van der Waals surface area contributed by atoms with E-state index in [0.29, 0.717) is 0 Å². The van der Waals surface area contributed by atoms with Crippen LogP contribution in [0.3, 0.4) is 0 Å². The van der Waals surface area contributed by atoms with Crippen molar-refractivity contribution in [1.29, 1.82) is 0 Å². The molecule has 1 saturated heterocycles. The van der Waals surface area contributed by atoms with E-state index in [0.717, 1.165) is 12.8 Å². The average Bonchev–Trinajstić information content (AvgIpc) is 2.46. The highest BCUT2D eigenvalue weighted by Crippen LogP contribution is 2.40. The quantitative estimate of drug-likeness (QED) is 0.665. The van der Waals surface area contributed by atoms with Crippen molar-refractivity contribution in [2.45, 2.75) is 44.3 Å². The third kappa shape index (κ3) is 3.48. The lowest BCUT2D eigenvalue weighted by atomic mass is 9.93. The van der Waals surface area contributed by atoms with Gasteiger partial charge in [-0.1, -0.05) is 59.7 Å². The van der Waals surface area contributed by atoms with Crippen molar-refractivity contribution in [1.82, 2.24) is 0 Å². The van der Waals surface area contributed by atoms with Crippen LogP contribution in [0.5, 0.6) is 0 Å². The summed E-state index contributed by atoms with van der Waals surface area (Å²) >= 11 is 6.51. The number of halogens is 1. The van der Waals surface area contributed by atoms with Crippen LogP contribution in [0.4, 0.5) is 0 Å². The topological polar surface area (TPSA) is 9.23 Å². The first kappa shape index (κ1) is 14.6. The minimum Gasteiger partial charge on any atom is -0.365 e. The molecule has 0 amide bonds. The van der Waals surface area contributed by atoms with Gasteiger partial charge in [0.2, 0.25) is 0 Å². The molecule has 3 atom stereocenters. The molecule has 2 aromatic carbocycles. The summed E-state index contributed by atoms with van der Waals surface area (Å²) in [6, 6.07) is 17.1. The molecule has 2 heteroatoms. The Morgan fingerprint density at radius 2 is 1.33 bits per heavy atom. The Labute approximate surface area is 131 Å². The van der Waals surface area contributed by atoms with Crippen LogP contribution >= 0.6 is 11.6 Å². The highest BCUT2D eigenvalue weighted by atomic mass is 35.5. The largest absolute Gasteiger partial charge is 0.365 e. The third-order valence-electron chi connectivity index (χ3n) is 4.10. The second-order valence-corrected chi connectivity index (χ2v) is 6.63. The standard InChI is InChI=1S/C19H21ClO/c1-13-5-3-7-15(9-13)18-11-17(20)12-19(21-18)16-8-4-6-14(2)10-16/h3-10,17-19H,11-12H2,1-2H3/t17?,18-,19+. The van der Waals surface area contributed by atoms with Crippen LogP contribution in [0.15, 0.2) is 48.5 Å². The van der Waals surface area contributed by atoms with Crippen LogP contribution in [-0.4, -0.2) is 5.38 Å². The molecule has 1 fully saturated rings. The smallest absolute Gasteiger partial charge is 0.0847 e. The Bertz CT molecular complexity index is 569. The number of hydrogen-bond acceptors (Lipinski definition) is 1. The Hall–Kier alpha value is -1.31. The number of rotatable bonds is 2. The van der Waals surface area contributed by atoms with Gasteiger partial charge in [-0.05, 0) is 37.8 Å². The van der Waals surface area contributed by atoms with E-state index >= 15 is 0 Å². The Morgan fingerprint density at radius 1 is 0.857 bits per heavy atom. The van der Waals surface area contributed by atoms with Gasteiger partial charge < -0.3 is 4.74 Å². The molecule has 0 N–H and O–H groups in total. The molecular formula is C19H21ClO. The molecule has 0 spiro atoms. The molecular weight excluding hydrogens is 280 g/mol. The van der Waals surface area contributed by atoms with Gasteiger partial charge in [0.25, 0.3) is 0 Å². The first-order valence-corrected chi connectivity index (χ1v) is 7.98. The van der Waals surface area contributed by atoms with Crippen LogP contribution in [-0.2, 0) is 4.74 Å². The molecule has 21 heavy (non-hydrogen) atoms. The van der Waals surface area contributed by atoms with Crippen LogP contribution in [0.1, 0.15) is 47.3 Å². The summed E-state index contributed by atoms with van der Waals surface area (Å²) in [7, 11) is 0. The summed E-state index contributed by atoms with van der Waals surface area (Å²) < 4.78 is 6.35. The summed E-state index contributed by atoms with van der Waals surface area (Å²) in [6.07, 6.45) is 1.94. The van der Waals surface area contributed by atoms with Crippen LogP contribution in [0.25, 0.3) is 0 Å². The minimum absolute atomic E-state index is 0.0895. The molecule has 3 rings (SSSR count). The summed E-state index contributed by atoms with van der Waals surface area (Å²) in [4.78, 5) is 0. The summed E-state index contributed by atoms with van der Waals surface area (Å²) in [6.45, 7) is 4.23. The van der Waals surface area contributed by atoms with Gasteiger partial charge in [-0.25, -0.2) is 0 Å². The van der Waals surface area contributed by atoms with Crippen molar-refractivity contribution in [2.24, 2.45) is 0 Å². The van der Waals surface area contributed by atoms with E-state index in [4.69, 9.17) is 16.3 Å². The number of aryl methyl sites for hydroxylation is 2. The monoisotopic (exact) mass is 300 g/mol. The van der Waals surface area contributed by atoms with Crippen molar-refractivity contribution in [2.75, 3.05) is 0 Å². The van der Waals surface area contributed by atoms with E-state index in [-0.39, 0.29) is 17.6 Å². The average molecular weight is 301 g/mol. The maximum atomic E-state index is 6.51. The van der Waals surface area contributed by atoms with Gasteiger partial charge in [0.05, 0.1) is 12.2 Å². The van der Waals surface area contributed by atoms with E-state index in [9.17, 15) is 0 Å². The summed E-state index contributed by atoms with van der Waals surface area (Å²) in [5, 5.41) is 0.162. The molecule has 1 heterocycles. The molecule has 0 aliphatic carbocycles. The zero-order valence-corrected chi connectivity index (χ0v) is 13.3. The highest BCUT2D eigenvalue weighted by molar-refractivity contribution is 6.20. The number of hydrogen-bond donors (Lipinski definition) is 0. The fraction of sp³-hybridized carbons (Fsp3) is 0.368. The Balaban J connectivity index is 1.85. The second-order valence-electron chi connectivity index (χ2n) is 6.01. The molecule has 1 unspecified atom stereocenters. The van der Waals surface area contributed by atoms with Gasteiger partial charge in [0.1, 0.15) is 0 Å². The fourth-order valence-electron chi connectivity index (χ4n) is 3.04. The van der Waals surface area contributed by atoms with Gasteiger partial charge in [-0.3, -0.25) is 0 Å². The van der Waals surface area contributed by atoms with Crippen molar-refractivity contribution < 1.29 is 4.74 Å². The van der Waals surface area contributed by atoms with Crippen molar-refractivity contribution in [3.05, 3.63) is 70.8 Å². The number of benzene rings is 2. The van der Waals surface area contributed by atoms with Crippen molar-refractivity contribution >= 4 is 11.6 Å². The minimum atomic E-state index is 0.0895. The molecule has 1 nitrogen and oxygen atoms in total. The molecule has 0 bridgehead atoms. The molecule has 0 aromatic heterocycles. The predicted octanol–water partition coefficient (Wildman–Crippen LogP) is 5.50. The number of ether oxygens (including phenoxy) is 1. The first-order valence-electron chi connectivity index (χ1n) is 7.54. The van der Waals surface area contributed by atoms with Gasteiger partial charge in [0, 0.05) is 5.38 Å². The SMILES string of the molecule is Cc1cccc([C@@H]2CC(Cl)C[C@H](c3cccc(C)c3)O2)c1. The zero-order valence-electron chi connectivity index (χ0n) is 12.6. The maximum Gasteiger partial charge on any atom is 0.0847 e.